The normalized spacial score (nSPS) is 14.2. The van der Waals surface area contributed by atoms with Gasteiger partial charge in [-0.25, -0.2) is 18.4 Å². The van der Waals surface area contributed by atoms with Crippen LogP contribution in [0.3, 0.4) is 0 Å². The van der Waals surface area contributed by atoms with Crippen LogP contribution in [0.2, 0.25) is 0 Å². The van der Waals surface area contributed by atoms with Gasteiger partial charge < -0.3 is 15.0 Å². The molecule has 0 amide bonds. The van der Waals surface area contributed by atoms with Crippen molar-refractivity contribution in [1.29, 1.82) is 0 Å². The number of nitrogen functional groups attached to an aromatic ring is 1. The van der Waals surface area contributed by atoms with Crippen molar-refractivity contribution in [3.05, 3.63) is 60.4 Å². The molecule has 8 nitrogen and oxygen atoms in total. The number of fused-ring (bicyclic) bond motifs is 1. The van der Waals surface area contributed by atoms with E-state index in [1.54, 1.807) is 18.5 Å². The third-order valence-electron chi connectivity index (χ3n) is 6.52. The highest BCUT2D eigenvalue weighted by molar-refractivity contribution is 7.92. The Morgan fingerprint density at radius 2 is 1.89 bits per heavy atom. The van der Waals surface area contributed by atoms with Crippen molar-refractivity contribution < 1.29 is 13.2 Å². The molecule has 0 atom stereocenters. The van der Waals surface area contributed by atoms with Crippen molar-refractivity contribution in [2.24, 2.45) is 5.92 Å². The Kier molecular flexibility index (Phi) is 6.34. The van der Waals surface area contributed by atoms with E-state index in [1.807, 2.05) is 57.2 Å². The summed E-state index contributed by atoms with van der Waals surface area (Å²) in [5.74, 6) is 0.766. The number of benzene rings is 2. The quantitative estimate of drug-likeness (QED) is 0.308. The number of rotatable bonds is 8. The van der Waals surface area contributed by atoms with Crippen LogP contribution >= 0.6 is 0 Å². The minimum absolute atomic E-state index is 0.0439. The number of anilines is 2. The number of hydrogen-bond donors (Lipinski definition) is 2. The summed E-state index contributed by atoms with van der Waals surface area (Å²) in [4.78, 5) is 8.31. The molecule has 2 aromatic carbocycles. The molecule has 0 radical (unpaired) electrons. The molecule has 0 unspecified atom stereocenters. The van der Waals surface area contributed by atoms with Crippen LogP contribution in [0.5, 0.6) is 11.8 Å². The van der Waals surface area contributed by atoms with Crippen LogP contribution in [-0.4, -0.2) is 28.7 Å². The van der Waals surface area contributed by atoms with Crippen LogP contribution < -0.4 is 15.2 Å². The van der Waals surface area contributed by atoms with Gasteiger partial charge in [0.25, 0.3) is 0 Å². The van der Waals surface area contributed by atoms with Crippen molar-refractivity contribution in [3.8, 4) is 23.0 Å². The fraction of sp³-hybridized carbons (Fsp3) is 0.333. The van der Waals surface area contributed by atoms with E-state index < -0.39 is 10.0 Å². The SMILES string of the molecule is Cc1cc(-c2c(N)c3ccc(Oc4ncccn4)cc3n2C2CCC2)ccc1NS(=O)(=O)CC(C)C. The van der Waals surface area contributed by atoms with Crippen molar-refractivity contribution in [1.82, 2.24) is 14.5 Å². The van der Waals surface area contributed by atoms with Crippen LogP contribution in [0.25, 0.3) is 22.2 Å². The molecule has 3 N–H and O–H groups in total. The van der Waals surface area contributed by atoms with Crippen LogP contribution in [0, 0.1) is 12.8 Å². The minimum Gasteiger partial charge on any atom is -0.424 e. The topological polar surface area (TPSA) is 112 Å². The molecule has 0 bridgehead atoms. The monoisotopic (exact) mass is 505 g/mol. The molecule has 1 aliphatic rings. The van der Waals surface area contributed by atoms with Crippen LogP contribution in [-0.2, 0) is 10.0 Å². The number of nitrogens with zero attached hydrogens (tertiary/aromatic N) is 3. The maximum atomic E-state index is 12.5. The second kappa shape index (κ2) is 9.46. The van der Waals surface area contributed by atoms with E-state index in [1.165, 1.54) is 6.42 Å². The molecule has 4 aromatic rings. The molecule has 1 fully saturated rings. The minimum atomic E-state index is -3.41. The summed E-state index contributed by atoms with van der Waals surface area (Å²) >= 11 is 0. The predicted molar refractivity (Wildman–Crippen MR) is 144 cm³/mol. The third kappa shape index (κ3) is 4.75. The standard InChI is InChI=1S/C27H31N5O3S/c1-17(2)16-36(33,34)31-23-11-8-19(14-18(23)3)26-25(28)22-10-9-21(35-27-29-12-5-13-30-27)15-24(22)32(26)20-6-4-7-20/h5,8-15,17,20,31H,4,6-7,16,28H2,1-3H3. The molecular formula is C27H31N5O3S. The Bertz CT molecular complexity index is 1510. The number of aromatic nitrogens is 3. The summed E-state index contributed by atoms with van der Waals surface area (Å²) in [6, 6.07) is 14.0. The number of sulfonamides is 1. The zero-order valence-electron chi connectivity index (χ0n) is 20.7. The zero-order chi connectivity index (χ0) is 25.4. The molecular weight excluding hydrogens is 474 g/mol. The molecule has 1 saturated carbocycles. The average molecular weight is 506 g/mol. The Morgan fingerprint density at radius 3 is 2.53 bits per heavy atom. The van der Waals surface area contributed by atoms with Gasteiger partial charge in [-0.1, -0.05) is 19.9 Å². The molecule has 36 heavy (non-hydrogen) atoms. The van der Waals surface area contributed by atoms with Crippen molar-refractivity contribution >= 4 is 32.3 Å². The lowest BCUT2D eigenvalue weighted by atomic mass is 9.92. The number of hydrogen-bond acceptors (Lipinski definition) is 6. The summed E-state index contributed by atoms with van der Waals surface area (Å²) in [6.45, 7) is 5.69. The van der Waals surface area contributed by atoms with Gasteiger partial charge in [-0.05, 0) is 68.0 Å². The summed E-state index contributed by atoms with van der Waals surface area (Å²) in [6.07, 6.45) is 6.61. The van der Waals surface area contributed by atoms with Gasteiger partial charge in [0.2, 0.25) is 10.0 Å². The van der Waals surface area contributed by atoms with Crippen molar-refractivity contribution in [3.63, 3.8) is 0 Å². The fourth-order valence-corrected chi connectivity index (χ4v) is 6.24. The molecule has 1 aliphatic carbocycles. The van der Waals surface area contributed by atoms with Gasteiger partial charge in [0.05, 0.1) is 28.3 Å². The van der Waals surface area contributed by atoms with E-state index in [4.69, 9.17) is 10.5 Å². The first kappa shape index (κ1) is 24.1. The fourth-order valence-electron chi connectivity index (χ4n) is 4.72. The summed E-state index contributed by atoms with van der Waals surface area (Å²) in [5, 5.41) is 0.956. The third-order valence-corrected chi connectivity index (χ3v) is 8.16. The smallest absolute Gasteiger partial charge is 0.321 e. The Balaban J connectivity index is 1.56. The molecule has 0 spiro atoms. The summed E-state index contributed by atoms with van der Waals surface area (Å²) in [5.41, 5.74) is 11.8. The van der Waals surface area contributed by atoms with Gasteiger partial charge in [0.1, 0.15) is 5.75 Å². The Hall–Kier alpha value is -3.59. The largest absolute Gasteiger partial charge is 0.424 e. The number of ether oxygens (including phenoxy) is 1. The number of nitrogens with two attached hydrogens (primary N) is 1. The van der Waals surface area contributed by atoms with E-state index in [0.29, 0.717) is 23.2 Å². The lowest BCUT2D eigenvalue weighted by Gasteiger charge is -2.30. The van der Waals surface area contributed by atoms with Gasteiger partial charge in [-0.15, -0.1) is 0 Å². The van der Waals surface area contributed by atoms with Gasteiger partial charge in [-0.2, -0.15) is 0 Å². The Morgan fingerprint density at radius 1 is 1.14 bits per heavy atom. The molecule has 5 rings (SSSR count). The van der Waals surface area contributed by atoms with E-state index >= 15 is 0 Å². The Labute approximate surface area is 211 Å². The average Bonchev–Trinajstić information content (AvgIpc) is 3.05. The molecule has 0 saturated heterocycles. The maximum absolute atomic E-state index is 12.5. The van der Waals surface area contributed by atoms with E-state index in [0.717, 1.165) is 40.6 Å². The highest BCUT2D eigenvalue weighted by atomic mass is 32.2. The van der Waals surface area contributed by atoms with E-state index in [9.17, 15) is 8.42 Å². The predicted octanol–water partition coefficient (Wildman–Crippen LogP) is 5.90. The van der Waals surface area contributed by atoms with Gasteiger partial charge >= 0.3 is 6.01 Å². The van der Waals surface area contributed by atoms with Crippen molar-refractivity contribution in [2.45, 2.75) is 46.1 Å². The molecule has 2 heterocycles. The zero-order valence-corrected chi connectivity index (χ0v) is 21.5. The van der Waals surface area contributed by atoms with Crippen LogP contribution in [0.15, 0.2) is 54.9 Å². The molecule has 9 heteroatoms. The van der Waals surface area contributed by atoms with Gasteiger partial charge in [-0.3, -0.25) is 4.72 Å². The highest BCUT2D eigenvalue weighted by Crippen LogP contribution is 2.45. The second-order valence-electron chi connectivity index (χ2n) is 9.84. The first-order valence-corrected chi connectivity index (χ1v) is 13.9. The van der Waals surface area contributed by atoms with E-state index in [2.05, 4.69) is 19.3 Å². The molecule has 2 aromatic heterocycles. The van der Waals surface area contributed by atoms with E-state index in [-0.39, 0.29) is 17.7 Å². The number of nitrogens with one attached hydrogen (secondary N) is 1. The van der Waals surface area contributed by atoms with Gasteiger partial charge in [0, 0.05) is 35.5 Å². The maximum Gasteiger partial charge on any atom is 0.321 e. The van der Waals surface area contributed by atoms with Gasteiger partial charge in [0.15, 0.2) is 0 Å². The summed E-state index contributed by atoms with van der Waals surface area (Å²) in [7, 11) is -3.41. The highest BCUT2D eigenvalue weighted by Gasteiger charge is 2.27. The first-order chi connectivity index (χ1) is 17.2. The number of aryl methyl sites for hydroxylation is 1. The first-order valence-electron chi connectivity index (χ1n) is 12.2. The molecule has 188 valence electrons. The van der Waals surface area contributed by atoms with Crippen LogP contribution in [0.1, 0.15) is 44.7 Å². The van der Waals surface area contributed by atoms with Crippen molar-refractivity contribution in [2.75, 3.05) is 16.2 Å². The lowest BCUT2D eigenvalue weighted by molar-refractivity contribution is 0.324. The van der Waals surface area contributed by atoms with Crippen LogP contribution in [0.4, 0.5) is 11.4 Å². The second-order valence-corrected chi connectivity index (χ2v) is 11.6. The summed E-state index contributed by atoms with van der Waals surface area (Å²) < 4.78 is 35.9. The molecule has 0 aliphatic heterocycles. The lowest BCUT2D eigenvalue weighted by Crippen LogP contribution is -2.20.